The zero-order valence-electron chi connectivity index (χ0n) is 9.67. The van der Waals surface area contributed by atoms with E-state index in [1.54, 1.807) is 12.7 Å². The lowest BCUT2D eigenvalue weighted by Crippen LogP contribution is -2.10. The topological polar surface area (TPSA) is 63.8 Å². The molecule has 2 aromatic heterocycles. The Morgan fingerprint density at radius 3 is 2.88 bits per heavy atom. The van der Waals surface area contributed by atoms with E-state index in [1.807, 2.05) is 0 Å². The molecule has 1 N–H and O–H groups in total. The first-order valence-electron chi connectivity index (χ1n) is 5.71. The van der Waals surface area contributed by atoms with Crippen LogP contribution in [0.5, 0.6) is 0 Å². The first kappa shape index (κ1) is 12.7. The molecule has 1 atom stereocenters. The molecule has 5 nitrogen and oxygen atoms in total. The average molecular weight is 346 g/mol. The zero-order chi connectivity index (χ0) is 12.3. The Morgan fingerprint density at radius 1 is 1.35 bits per heavy atom. The molecular formula is C11H15IN4O. The molecule has 92 valence electrons. The fourth-order valence-corrected chi connectivity index (χ4v) is 2.50. The summed E-state index contributed by atoms with van der Waals surface area (Å²) < 4.78 is 2.92. The number of nitrogens with zero attached hydrogens (tertiary/aromatic N) is 4. The summed E-state index contributed by atoms with van der Waals surface area (Å²) in [5.74, 6) is 0. The fraction of sp³-hybridized carbons (Fsp3) is 0.545. The van der Waals surface area contributed by atoms with E-state index in [4.69, 9.17) is 5.11 Å². The standard InChI is InChI=1S/C11H15IN4O/c1-2-3-8(4-5-17)16-7-15-9-10(12)13-6-14-11(9)16/h6-8,17H,2-5H2,1H3. The molecule has 17 heavy (non-hydrogen) atoms. The maximum absolute atomic E-state index is 9.12. The molecule has 0 radical (unpaired) electrons. The molecular weight excluding hydrogens is 331 g/mol. The van der Waals surface area contributed by atoms with Gasteiger partial charge in [-0.2, -0.15) is 0 Å². The number of aliphatic hydroxyl groups is 1. The summed E-state index contributed by atoms with van der Waals surface area (Å²) in [5, 5.41) is 9.12. The van der Waals surface area contributed by atoms with Crippen LogP contribution in [0.1, 0.15) is 32.2 Å². The summed E-state index contributed by atoms with van der Waals surface area (Å²) in [5.41, 5.74) is 1.70. The lowest BCUT2D eigenvalue weighted by atomic mass is 10.1. The van der Waals surface area contributed by atoms with E-state index in [0.717, 1.165) is 34.1 Å². The van der Waals surface area contributed by atoms with Crippen molar-refractivity contribution in [3.63, 3.8) is 0 Å². The minimum atomic E-state index is 0.187. The van der Waals surface area contributed by atoms with Crippen LogP contribution in [-0.2, 0) is 0 Å². The fourth-order valence-electron chi connectivity index (χ4n) is 2.00. The highest BCUT2D eigenvalue weighted by molar-refractivity contribution is 14.1. The summed E-state index contributed by atoms with van der Waals surface area (Å²) in [6.07, 6.45) is 6.20. The van der Waals surface area contributed by atoms with E-state index in [2.05, 4.69) is 49.0 Å². The molecule has 0 saturated heterocycles. The van der Waals surface area contributed by atoms with Crippen LogP contribution < -0.4 is 0 Å². The van der Waals surface area contributed by atoms with Crippen LogP contribution in [-0.4, -0.2) is 31.2 Å². The molecule has 0 amide bonds. The van der Waals surface area contributed by atoms with Gasteiger partial charge < -0.3 is 9.67 Å². The van der Waals surface area contributed by atoms with Gasteiger partial charge in [-0.25, -0.2) is 15.0 Å². The summed E-state index contributed by atoms with van der Waals surface area (Å²) in [7, 11) is 0. The van der Waals surface area contributed by atoms with Gasteiger partial charge >= 0.3 is 0 Å². The van der Waals surface area contributed by atoms with E-state index >= 15 is 0 Å². The Balaban J connectivity index is 2.42. The molecule has 2 heterocycles. The quantitative estimate of drug-likeness (QED) is 0.666. The molecule has 0 saturated carbocycles. The van der Waals surface area contributed by atoms with E-state index < -0.39 is 0 Å². The SMILES string of the molecule is CCCC(CCO)n1cnc2c(I)ncnc21. The summed E-state index contributed by atoms with van der Waals surface area (Å²) in [6, 6.07) is 0.265. The minimum absolute atomic E-state index is 0.187. The van der Waals surface area contributed by atoms with Crippen LogP contribution in [0.2, 0.25) is 0 Å². The van der Waals surface area contributed by atoms with Crippen molar-refractivity contribution in [2.75, 3.05) is 6.61 Å². The van der Waals surface area contributed by atoms with Crippen molar-refractivity contribution in [1.82, 2.24) is 19.5 Å². The summed E-state index contributed by atoms with van der Waals surface area (Å²) in [6.45, 7) is 2.33. The number of imidazole rings is 1. The third-order valence-electron chi connectivity index (χ3n) is 2.79. The molecule has 2 aromatic rings. The van der Waals surface area contributed by atoms with Crippen LogP contribution >= 0.6 is 22.6 Å². The van der Waals surface area contributed by atoms with Gasteiger partial charge in [0.1, 0.15) is 15.5 Å². The highest BCUT2D eigenvalue weighted by Gasteiger charge is 2.15. The van der Waals surface area contributed by atoms with Gasteiger partial charge in [-0.05, 0) is 35.4 Å². The number of aliphatic hydroxyl groups excluding tert-OH is 1. The number of aromatic nitrogens is 4. The highest BCUT2D eigenvalue weighted by atomic mass is 127. The Kier molecular flexibility index (Phi) is 4.27. The van der Waals surface area contributed by atoms with E-state index in [9.17, 15) is 0 Å². The molecule has 0 fully saturated rings. The first-order valence-corrected chi connectivity index (χ1v) is 6.79. The van der Waals surface area contributed by atoms with Crippen molar-refractivity contribution in [3.8, 4) is 0 Å². The molecule has 0 aliphatic heterocycles. The summed E-state index contributed by atoms with van der Waals surface area (Å²) >= 11 is 2.16. The average Bonchev–Trinajstić information content (AvgIpc) is 2.74. The molecule has 6 heteroatoms. The van der Waals surface area contributed by atoms with Crippen molar-refractivity contribution in [2.24, 2.45) is 0 Å². The number of rotatable bonds is 5. The predicted octanol–water partition coefficient (Wildman–Crippen LogP) is 2.15. The Labute approximate surface area is 113 Å². The second-order valence-corrected chi connectivity index (χ2v) is 4.97. The van der Waals surface area contributed by atoms with Crippen molar-refractivity contribution in [1.29, 1.82) is 0 Å². The Morgan fingerprint density at radius 2 is 2.18 bits per heavy atom. The molecule has 1 unspecified atom stereocenters. The van der Waals surface area contributed by atoms with Gasteiger partial charge in [0.15, 0.2) is 5.65 Å². The minimum Gasteiger partial charge on any atom is -0.396 e. The monoisotopic (exact) mass is 346 g/mol. The van der Waals surface area contributed by atoms with Crippen LogP contribution in [0.4, 0.5) is 0 Å². The second kappa shape index (κ2) is 5.72. The lowest BCUT2D eigenvalue weighted by molar-refractivity contribution is 0.253. The van der Waals surface area contributed by atoms with Crippen molar-refractivity contribution >= 4 is 33.8 Å². The van der Waals surface area contributed by atoms with E-state index in [1.165, 1.54) is 0 Å². The van der Waals surface area contributed by atoms with Gasteiger partial charge in [0.05, 0.1) is 6.33 Å². The van der Waals surface area contributed by atoms with Crippen LogP contribution in [0.15, 0.2) is 12.7 Å². The van der Waals surface area contributed by atoms with Gasteiger partial charge in [-0.15, -0.1) is 0 Å². The van der Waals surface area contributed by atoms with Gasteiger partial charge in [0.2, 0.25) is 0 Å². The maximum Gasteiger partial charge on any atom is 0.164 e. The third kappa shape index (κ3) is 2.57. The molecule has 0 spiro atoms. The highest BCUT2D eigenvalue weighted by Crippen LogP contribution is 2.23. The Bertz CT molecular complexity index is 493. The van der Waals surface area contributed by atoms with Crippen LogP contribution in [0, 0.1) is 3.70 Å². The van der Waals surface area contributed by atoms with Crippen LogP contribution in [0.25, 0.3) is 11.2 Å². The van der Waals surface area contributed by atoms with Crippen molar-refractivity contribution < 1.29 is 5.11 Å². The van der Waals surface area contributed by atoms with Gasteiger partial charge in [0.25, 0.3) is 0 Å². The molecule has 0 aliphatic carbocycles. The molecule has 0 aliphatic rings. The van der Waals surface area contributed by atoms with Gasteiger partial charge in [-0.3, -0.25) is 0 Å². The van der Waals surface area contributed by atoms with E-state index in [-0.39, 0.29) is 12.6 Å². The number of hydrogen-bond donors (Lipinski definition) is 1. The predicted molar refractivity (Wildman–Crippen MR) is 73.7 cm³/mol. The maximum atomic E-state index is 9.12. The van der Waals surface area contributed by atoms with Crippen molar-refractivity contribution in [3.05, 3.63) is 16.4 Å². The Hall–Kier alpha value is -0.760. The number of hydrogen-bond acceptors (Lipinski definition) is 4. The third-order valence-corrected chi connectivity index (χ3v) is 3.58. The molecule has 2 rings (SSSR count). The second-order valence-electron chi connectivity index (χ2n) is 3.94. The summed E-state index contributed by atoms with van der Waals surface area (Å²) in [4.78, 5) is 12.8. The first-order chi connectivity index (χ1) is 8.27. The van der Waals surface area contributed by atoms with Crippen molar-refractivity contribution in [2.45, 2.75) is 32.2 Å². The lowest BCUT2D eigenvalue weighted by Gasteiger charge is -2.16. The number of fused-ring (bicyclic) bond motifs is 1. The zero-order valence-corrected chi connectivity index (χ0v) is 11.8. The van der Waals surface area contributed by atoms with Gasteiger partial charge in [0, 0.05) is 12.6 Å². The molecule has 0 bridgehead atoms. The van der Waals surface area contributed by atoms with E-state index in [0.29, 0.717) is 0 Å². The number of halogens is 1. The smallest absolute Gasteiger partial charge is 0.164 e. The molecule has 0 aromatic carbocycles. The normalized spacial score (nSPS) is 13.1. The van der Waals surface area contributed by atoms with Crippen LogP contribution in [0.3, 0.4) is 0 Å². The van der Waals surface area contributed by atoms with Gasteiger partial charge in [-0.1, -0.05) is 13.3 Å². The largest absolute Gasteiger partial charge is 0.396 e.